The first-order valence-electron chi connectivity index (χ1n) is 7.32. The van der Waals surface area contributed by atoms with Gasteiger partial charge in [-0.25, -0.2) is 0 Å². The highest BCUT2D eigenvalue weighted by atomic mass is 79.9. The second-order valence-corrected chi connectivity index (χ2v) is 6.30. The minimum absolute atomic E-state index is 0.0361. The molecule has 5 nitrogen and oxygen atoms in total. The van der Waals surface area contributed by atoms with Gasteiger partial charge in [0, 0.05) is 22.0 Å². The van der Waals surface area contributed by atoms with Crippen molar-refractivity contribution in [2.75, 3.05) is 7.11 Å². The third-order valence-corrected chi connectivity index (χ3v) is 4.29. The van der Waals surface area contributed by atoms with E-state index < -0.39 is 0 Å². The van der Waals surface area contributed by atoms with Crippen LogP contribution in [0, 0.1) is 6.92 Å². The van der Waals surface area contributed by atoms with E-state index in [1.807, 2.05) is 25.1 Å². The van der Waals surface area contributed by atoms with E-state index in [-0.39, 0.29) is 18.2 Å². The maximum Gasteiger partial charge on any atom is 0.287 e. The maximum absolute atomic E-state index is 12.4. The molecule has 0 atom stereocenters. The Balaban J connectivity index is 1.78. The Labute approximate surface area is 147 Å². The van der Waals surface area contributed by atoms with Gasteiger partial charge in [-0.3, -0.25) is 4.79 Å². The summed E-state index contributed by atoms with van der Waals surface area (Å²) in [6, 6.07) is 10.6. The number of methoxy groups -OCH3 is 1. The SMILES string of the molecule is COc1ccc(CNC(=O)c2oc3ccc(Br)cc3c2C)cc1O. The summed E-state index contributed by atoms with van der Waals surface area (Å²) in [6.45, 7) is 2.13. The molecule has 0 fully saturated rings. The van der Waals surface area contributed by atoms with Gasteiger partial charge < -0.3 is 19.6 Å². The van der Waals surface area contributed by atoms with Crippen molar-refractivity contribution < 1.29 is 19.1 Å². The predicted molar refractivity (Wildman–Crippen MR) is 94.5 cm³/mol. The first kappa shape index (κ1) is 16.4. The second-order valence-electron chi connectivity index (χ2n) is 5.39. The molecule has 1 aromatic heterocycles. The molecule has 1 heterocycles. The van der Waals surface area contributed by atoms with Gasteiger partial charge >= 0.3 is 0 Å². The Morgan fingerprint density at radius 3 is 2.79 bits per heavy atom. The molecule has 1 amide bonds. The number of benzene rings is 2. The number of rotatable bonds is 4. The van der Waals surface area contributed by atoms with Crippen molar-refractivity contribution in [2.45, 2.75) is 13.5 Å². The summed E-state index contributed by atoms with van der Waals surface area (Å²) in [6.07, 6.45) is 0. The Hall–Kier alpha value is -2.47. The first-order chi connectivity index (χ1) is 11.5. The van der Waals surface area contributed by atoms with Gasteiger partial charge in [-0.05, 0) is 42.8 Å². The fourth-order valence-electron chi connectivity index (χ4n) is 2.52. The third kappa shape index (κ3) is 3.10. The zero-order chi connectivity index (χ0) is 17.3. The molecule has 3 aromatic rings. The number of furan rings is 1. The molecule has 0 bridgehead atoms. The van der Waals surface area contributed by atoms with Gasteiger partial charge in [0.05, 0.1) is 7.11 Å². The highest BCUT2D eigenvalue weighted by molar-refractivity contribution is 9.10. The summed E-state index contributed by atoms with van der Waals surface area (Å²) in [7, 11) is 1.49. The van der Waals surface area contributed by atoms with Gasteiger partial charge in [-0.15, -0.1) is 0 Å². The molecule has 0 radical (unpaired) electrons. The van der Waals surface area contributed by atoms with Crippen LogP contribution in [0.3, 0.4) is 0 Å². The first-order valence-corrected chi connectivity index (χ1v) is 8.11. The largest absolute Gasteiger partial charge is 0.504 e. The molecule has 0 unspecified atom stereocenters. The summed E-state index contributed by atoms with van der Waals surface area (Å²) in [5.41, 5.74) is 2.22. The van der Waals surface area contributed by atoms with E-state index in [1.54, 1.807) is 18.2 Å². The zero-order valence-electron chi connectivity index (χ0n) is 13.2. The summed E-state index contributed by atoms with van der Waals surface area (Å²) < 4.78 is 11.6. The summed E-state index contributed by atoms with van der Waals surface area (Å²) in [4.78, 5) is 12.4. The minimum atomic E-state index is -0.296. The average Bonchev–Trinajstić information content (AvgIpc) is 2.89. The Kier molecular flexibility index (Phi) is 4.49. The number of halogens is 1. The summed E-state index contributed by atoms with van der Waals surface area (Å²) >= 11 is 3.42. The van der Waals surface area contributed by atoms with Crippen LogP contribution in [-0.2, 0) is 6.54 Å². The van der Waals surface area contributed by atoms with Crippen molar-refractivity contribution in [1.29, 1.82) is 0 Å². The number of carbonyl (C=O) groups is 1. The monoisotopic (exact) mass is 389 g/mol. The van der Waals surface area contributed by atoms with Crippen molar-refractivity contribution >= 4 is 32.8 Å². The number of nitrogens with one attached hydrogen (secondary N) is 1. The molecule has 124 valence electrons. The standard InChI is InChI=1S/C18H16BrNO4/c1-10-13-8-12(19)4-6-15(13)24-17(10)18(22)20-9-11-3-5-16(23-2)14(21)7-11/h3-8,21H,9H2,1-2H3,(H,20,22). The van der Waals surface area contributed by atoms with Crippen LogP contribution in [0.1, 0.15) is 21.7 Å². The number of amides is 1. The van der Waals surface area contributed by atoms with E-state index in [1.165, 1.54) is 7.11 Å². The number of carbonyl (C=O) groups excluding carboxylic acids is 1. The lowest BCUT2D eigenvalue weighted by Gasteiger charge is -2.07. The predicted octanol–water partition coefficient (Wildman–Crippen LogP) is 4.15. The Morgan fingerprint density at radius 1 is 1.29 bits per heavy atom. The lowest BCUT2D eigenvalue weighted by Crippen LogP contribution is -2.22. The van der Waals surface area contributed by atoms with E-state index in [2.05, 4.69) is 21.2 Å². The van der Waals surface area contributed by atoms with Crippen molar-refractivity contribution in [1.82, 2.24) is 5.32 Å². The second kappa shape index (κ2) is 6.57. The zero-order valence-corrected chi connectivity index (χ0v) is 14.8. The molecule has 0 aliphatic carbocycles. The molecule has 0 saturated carbocycles. The normalized spacial score (nSPS) is 10.8. The number of ether oxygens (including phenoxy) is 1. The molecule has 2 aromatic carbocycles. The number of fused-ring (bicyclic) bond motifs is 1. The van der Waals surface area contributed by atoms with Crippen LogP contribution in [-0.4, -0.2) is 18.1 Å². The van der Waals surface area contributed by atoms with Crippen LogP contribution in [0.2, 0.25) is 0 Å². The van der Waals surface area contributed by atoms with Gasteiger partial charge in [-0.1, -0.05) is 22.0 Å². The average molecular weight is 390 g/mol. The smallest absolute Gasteiger partial charge is 0.287 e. The summed E-state index contributed by atoms with van der Waals surface area (Å²) in [5.74, 6) is 0.425. The summed E-state index contributed by atoms with van der Waals surface area (Å²) in [5, 5.41) is 13.5. The number of phenols is 1. The van der Waals surface area contributed by atoms with Gasteiger partial charge in [-0.2, -0.15) is 0 Å². The highest BCUT2D eigenvalue weighted by Gasteiger charge is 2.17. The van der Waals surface area contributed by atoms with E-state index in [4.69, 9.17) is 9.15 Å². The number of hydrogen-bond acceptors (Lipinski definition) is 4. The fourth-order valence-corrected chi connectivity index (χ4v) is 2.88. The quantitative estimate of drug-likeness (QED) is 0.702. The van der Waals surface area contributed by atoms with Crippen LogP contribution >= 0.6 is 15.9 Å². The van der Waals surface area contributed by atoms with Crippen molar-refractivity contribution in [3.63, 3.8) is 0 Å². The van der Waals surface area contributed by atoms with Crippen LogP contribution in [0.25, 0.3) is 11.0 Å². The molecule has 0 spiro atoms. The number of hydrogen-bond donors (Lipinski definition) is 2. The molecule has 0 aliphatic heterocycles. The highest BCUT2D eigenvalue weighted by Crippen LogP contribution is 2.28. The molecule has 24 heavy (non-hydrogen) atoms. The number of aryl methyl sites for hydroxylation is 1. The number of phenolic OH excluding ortho intramolecular Hbond substituents is 1. The third-order valence-electron chi connectivity index (χ3n) is 3.80. The van der Waals surface area contributed by atoms with Crippen molar-refractivity contribution in [3.8, 4) is 11.5 Å². The van der Waals surface area contributed by atoms with Gasteiger partial charge in [0.15, 0.2) is 17.3 Å². The Bertz CT molecular complexity index is 917. The minimum Gasteiger partial charge on any atom is -0.504 e. The molecular formula is C18H16BrNO4. The van der Waals surface area contributed by atoms with Crippen molar-refractivity contribution in [3.05, 3.63) is 57.8 Å². The van der Waals surface area contributed by atoms with E-state index in [0.29, 0.717) is 17.1 Å². The molecular weight excluding hydrogens is 374 g/mol. The molecule has 2 N–H and O–H groups in total. The lowest BCUT2D eigenvalue weighted by molar-refractivity contribution is 0.0924. The van der Waals surface area contributed by atoms with Crippen molar-refractivity contribution in [2.24, 2.45) is 0 Å². The van der Waals surface area contributed by atoms with Crippen LogP contribution in [0.15, 0.2) is 45.3 Å². The van der Waals surface area contributed by atoms with Crippen LogP contribution in [0.5, 0.6) is 11.5 Å². The van der Waals surface area contributed by atoms with E-state index >= 15 is 0 Å². The van der Waals surface area contributed by atoms with E-state index in [9.17, 15) is 9.90 Å². The molecule has 0 aliphatic rings. The lowest BCUT2D eigenvalue weighted by atomic mass is 10.1. The van der Waals surface area contributed by atoms with Gasteiger partial charge in [0.2, 0.25) is 0 Å². The molecule has 3 rings (SSSR count). The number of aromatic hydroxyl groups is 1. The van der Waals surface area contributed by atoms with Gasteiger partial charge in [0.1, 0.15) is 5.58 Å². The molecule has 6 heteroatoms. The Morgan fingerprint density at radius 2 is 2.08 bits per heavy atom. The van der Waals surface area contributed by atoms with Crippen LogP contribution in [0.4, 0.5) is 0 Å². The fraction of sp³-hybridized carbons (Fsp3) is 0.167. The van der Waals surface area contributed by atoms with E-state index in [0.717, 1.165) is 21.0 Å². The molecule has 0 saturated heterocycles. The van der Waals surface area contributed by atoms with Gasteiger partial charge in [0.25, 0.3) is 5.91 Å². The van der Waals surface area contributed by atoms with Crippen LogP contribution < -0.4 is 10.1 Å². The maximum atomic E-state index is 12.4. The topological polar surface area (TPSA) is 71.7 Å².